The zero-order chi connectivity index (χ0) is 9.68. The highest BCUT2D eigenvalue weighted by Crippen LogP contribution is 2.13. The van der Waals surface area contributed by atoms with Crippen LogP contribution in [0.3, 0.4) is 0 Å². The molecule has 1 aliphatic heterocycles. The molecule has 13 heavy (non-hydrogen) atoms. The summed E-state index contributed by atoms with van der Waals surface area (Å²) in [6, 6.07) is 1.24. The Morgan fingerprint density at radius 2 is 2.46 bits per heavy atom. The molecule has 0 aromatic heterocycles. The number of likely N-dealkylation sites (tertiary alicyclic amines) is 1. The van der Waals surface area contributed by atoms with E-state index in [1.54, 1.807) is 0 Å². The van der Waals surface area contributed by atoms with Gasteiger partial charge in [0.25, 0.3) is 0 Å². The smallest absolute Gasteiger partial charge is 0.0240 e. The first-order chi connectivity index (χ1) is 6.27. The van der Waals surface area contributed by atoms with E-state index in [1.165, 1.54) is 13.0 Å². The second-order valence-corrected chi connectivity index (χ2v) is 3.80. The Hall–Kier alpha value is -0.520. The van der Waals surface area contributed by atoms with Crippen molar-refractivity contribution < 1.29 is 0 Å². The largest absolute Gasteiger partial charge is 0.313 e. The highest BCUT2D eigenvalue weighted by Gasteiger charge is 2.24. The van der Waals surface area contributed by atoms with Gasteiger partial charge in [0.2, 0.25) is 0 Å². The third-order valence-electron chi connectivity index (χ3n) is 2.75. The minimum Gasteiger partial charge on any atom is -0.313 e. The zero-order valence-electron chi connectivity index (χ0n) is 8.71. The molecule has 74 valence electrons. The lowest BCUT2D eigenvalue weighted by molar-refractivity contribution is 0.256. The van der Waals surface area contributed by atoms with Crippen LogP contribution in [0.1, 0.15) is 26.7 Å². The van der Waals surface area contributed by atoms with Crippen molar-refractivity contribution in [1.29, 1.82) is 0 Å². The van der Waals surface area contributed by atoms with Gasteiger partial charge in [-0.3, -0.25) is 4.90 Å². The summed E-state index contributed by atoms with van der Waals surface area (Å²) in [5.41, 5.74) is 0. The van der Waals surface area contributed by atoms with E-state index < -0.39 is 0 Å². The first kappa shape index (κ1) is 10.6. The second-order valence-electron chi connectivity index (χ2n) is 3.80. The molecule has 2 atom stereocenters. The Kier molecular flexibility index (Phi) is 4.27. The highest BCUT2D eigenvalue weighted by atomic mass is 15.2. The summed E-state index contributed by atoms with van der Waals surface area (Å²) in [4.78, 5) is 2.48. The van der Waals surface area contributed by atoms with Crippen LogP contribution < -0.4 is 5.32 Å². The van der Waals surface area contributed by atoms with Crippen molar-refractivity contribution in [2.45, 2.75) is 38.8 Å². The van der Waals surface area contributed by atoms with Crippen LogP contribution in [0, 0.1) is 12.3 Å². The topological polar surface area (TPSA) is 15.3 Å². The first-order valence-corrected chi connectivity index (χ1v) is 5.18. The van der Waals surface area contributed by atoms with Crippen molar-refractivity contribution in [1.82, 2.24) is 10.2 Å². The van der Waals surface area contributed by atoms with Gasteiger partial charge in [-0.1, -0.05) is 6.92 Å². The third-order valence-corrected chi connectivity index (χ3v) is 2.75. The summed E-state index contributed by atoms with van der Waals surface area (Å²) in [6.45, 7) is 7.81. The Bertz CT molecular complexity index is 183. The minimum atomic E-state index is 0.550. The monoisotopic (exact) mass is 180 g/mol. The Morgan fingerprint density at radius 3 is 3.08 bits per heavy atom. The summed E-state index contributed by atoms with van der Waals surface area (Å²) >= 11 is 0. The maximum absolute atomic E-state index is 5.30. The fourth-order valence-corrected chi connectivity index (χ4v) is 1.94. The molecule has 2 heteroatoms. The minimum absolute atomic E-state index is 0.550. The van der Waals surface area contributed by atoms with E-state index >= 15 is 0 Å². The Morgan fingerprint density at radius 1 is 1.69 bits per heavy atom. The Labute approximate surface area is 81.7 Å². The van der Waals surface area contributed by atoms with Crippen LogP contribution in [0.4, 0.5) is 0 Å². The molecular weight excluding hydrogens is 160 g/mol. The van der Waals surface area contributed by atoms with E-state index in [2.05, 4.69) is 30.0 Å². The van der Waals surface area contributed by atoms with Crippen LogP contribution in [0.2, 0.25) is 0 Å². The molecule has 1 saturated heterocycles. The molecule has 0 aliphatic carbocycles. The van der Waals surface area contributed by atoms with Gasteiger partial charge < -0.3 is 5.32 Å². The number of rotatable bonds is 4. The summed E-state index contributed by atoms with van der Waals surface area (Å²) in [5, 5.41) is 3.48. The molecule has 1 fully saturated rings. The maximum atomic E-state index is 5.30. The molecule has 0 saturated carbocycles. The van der Waals surface area contributed by atoms with Crippen LogP contribution in [-0.2, 0) is 0 Å². The number of nitrogens with one attached hydrogen (secondary N) is 1. The van der Waals surface area contributed by atoms with Crippen molar-refractivity contribution in [2.75, 3.05) is 19.6 Å². The maximum Gasteiger partial charge on any atom is 0.0240 e. The van der Waals surface area contributed by atoms with Gasteiger partial charge in [-0.2, -0.15) is 0 Å². The van der Waals surface area contributed by atoms with Crippen LogP contribution in [0.15, 0.2) is 0 Å². The van der Waals surface area contributed by atoms with Gasteiger partial charge in [0, 0.05) is 31.6 Å². The van der Waals surface area contributed by atoms with Gasteiger partial charge in [0.05, 0.1) is 0 Å². The fraction of sp³-hybridized carbons (Fsp3) is 0.818. The van der Waals surface area contributed by atoms with E-state index in [4.69, 9.17) is 6.42 Å². The molecule has 0 aromatic carbocycles. The van der Waals surface area contributed by atoms with E-state index in [9.17, 15) is 0 Å². The molecular formula is C11H20N2. The standard InChI is InChI=1S/C11H20N2/c1-4-6-10(3)13-8-7-11(9-13)12-5-2/h1,10-12H,5-9H2,2-3H3. The molecule has 1 heterocycles. The summed E-state index contributed by atoms with van der Waals surface area (Å²) < 4.78 is 0. The SMILES string of the molecule is C#CCC(C)N1CCC(NCC)C1. The predicted octanol–water partition coefficient (Wildman–Crippen LogP) is 1.08. The van der Waals surface area contributed by atoms with Crippen LogP contribution >= 0.6 is 0 Å². The van der Waals surface area contributed by atoms with Crippen LogP contribution in [0.25, 0.3) is 0 Å². The fourth-order valence-electron chi connectivity index (χ4n) is 1.94. The lowest BCUT2D eigenvalue weighted by Crippen LogP contribution is -2.35. The lowest BCUT2D eigenvalue weighted by atomic mass is 10.2. The molecule has 2 unspecified atom stereocenters. The summed E-state index contributed by atoms with van der Waals surface area (Å²) in [7, 11) is 0. The molecule has 0 aromatic rings. The van der Waals surface area contributed by atoms with E-state index in [0.717, 1.165) is 19.5 Å². The number of hydrogen-bond acceptors (Lipinski definition) is 2. The first-order valence-electron chi connectivity index (χ1n) is 5.18. The zero-order valence-corrected chi connectivity index (χ0v) is 8.71. The van der Waals surface area contributed by atoms with Gasteiger partial charge in [0.15, 0.2) is 0 Å². The van der Waals surface area contributed by atoms with Crippen molar-refractivity contribution in [3.8, 4) is 12.3 Å². The number of hydrogen-bond donors (Lipinski definition) is 1. The van der Waals surface area contributed by atoms with Crippen molar-refractivity contribution >= 4 is 0 Å². The van der Waals surface area contributed by atoms with Crippen LogP contribution in [-0.4, -0.2) is 36.6 Å². The summed E-state index contributed by atoms with van der Waals surface area (Å²) in [5.74, 6) is 2.73. The van der Waals surface area contributed by atoms with E-state index in [-0.39, 0.29) is 0 Å². The van der Waals surface area contributed by atoms with Crippen LogP contribution in [0.5, 0.6) is 0 Å². The normalized spacial score (nSPS) is 25.8. The molecule has 0 amide bonds. The van der Waals surface area contributed by atoms with Gasteiger partial charge >= 0.3 is 0 Å². The highest BCUT2D eigenvalue weighted by molar-refractivity contribution is 4.92. The Balaban J connectivity index is 2.28. The average molecular weight is 180 g/mol. The number of terminal acetylenes is 1. The molecule has 2 nitrogen and oxygen atoms in total. The molecule has 1 rings (SSSR count). The average Bonchev–Trinajstić information content (AvgIpc) is 2.54. The molecule has 0 bridgehead atoms. The van der Waals surface area contributed by atoms with Crippen molar-refractivity contribution in [3.63, 3.8) is 0 Å². The number of nitrogens with zero attached hydrogens (tertiary/aromatic N) is 1. The number of likely N-dealkylation sites (N-methyl/N-ethyl adjacent to an activating group) is 1. The van der Waals surface area contributed by atoms with Crippen molar-refractivity contribution in [2.24, 2.45) is 0 Å². The molecule has 0 spiro atoms. The molecule has 1 N–H and O–H groups in total. The van der Waals surface area contributed by atoms with E-state index in [1.807, 2.05) is 0 Å². The lowest BCUT2D eigenvalue weighted by Gasteiger charge is -2.22. The third kappa shape index (κ3) is 3.02. The predicted molar refractivity (Wildman–Crippen MR) is 56.6 cm³/mol. The van der Waals surface area contributed by atoms with Gasteiger partial charge in [-0.25, -0.2) is 0 Å². The van der Waals surface area contributed by atoms with Gasteiger partial charge in [-0.05, 0) is 19.9 Å². The van der Waals surface area contributed by atoms with Gasteiger partial charge in [-0.15, -0.1) is 12.3 Å². The van der Waals surface area contributed by atoms with E-state index in [0.29, 0.717) is 12.1 Å². The quantitative estimate of drug-likeness (QED) is 0.651. The van der Waals surface area contributed by atoms with Crippen molar-refractivity contribution in [3.05, 3.63) is 0 Å². The molecule has 1 aliphatic rings. The molecule has 0 radical (unpaired) electrons. The second kappa shape index (κ2) is 5.26. The summed E-state index contributed by atoms with van der Waals surface area (Å²) in [6.07, 6.45) is 7.44. The van der Waals surface area contributed by atoms with Gasteiger partial charge in [0.1, 0.15) is 0 Å².